The monoisotopic (exact) mass is 202 g/mol. The third-order valence-electron chi connectivity index (χ3n) is 2.38. The van der Waals surface area contributed by atoms with E-state index in [0.29, 0.717) is 12.4 Å². The van der Waals surface area contributed by atoms with Crippen LogP contribution < -0.4 is 5.73 Å². The zero-order valence-corrected chi connectivity index (χ0v) is 8.73. The molecular formula is C12H14N2O. The smallest absolute Gasteiger partial charge is 0.208 e. The van der Waals surface area contributed by atoms with Gasteiger partial charge in [0.1, 0.15) is 12.0 Å². The molecule has 1 heterocycles. The lowest BCUT2D eigenvalue weighted by Crippen LogP contribution is -1.95. The molecule has 15 heavy (non-hydrogen) atoms. The molecule has 0 radical (unpaired) electrons. The predicted octanol–water partition coefficient (Wildman–Crippen LogP) is 2.36. The van der Waals surface area contributed by atoms with Gasteiger partial charge in [-0.25, -0.2) is 4.98 Å². The lowest BCUT2D eigenvalue weighted by molar-refractivity contribution is 0.498. The van der Waals surface area contributed by atoms with Crippen LogP contribution in [0.3, 0.4) is 0 Å². The van der Waals surface area contributed by atoms with Gasteiger partial charge in [0.25, 0.3) is 0 Å². The lowest BCUT2D eigenvalue weighted by Gasteiger charge is -1.98. The van der Waals surface area contributed by atoms with Gasteiger partial charge in [0, 0.05) is 5.56 Å². The Morgan fingerprint density at radius 3 is 2.53 bits per heavy atom. The number of nitrogens with zero attached hydrogens (tertiary/aromatic N) is 1. The second-order valence-corrected chi connectivity index (χ2v) is 3.38. The summed E-state index contributed by atoms with van der Waals surface area (Å²) in [7, 11) is 0. The topological polar surface area (TPSA) is 52.0 Å². The van der Waals surface area contributed by atoms with Crippen molar-refractivity contribution in [1.82, 2.24) is 4.98 Å². The van der Waals surface area contributed by atoms with Crippen LogP contribution in [0.4, 0.5) is 0 Å². The van der Waals surface area contributed by atoms with Crippen LogP contribution in [0.25, 0.3) is 11.3 Å². The number of oxazole rings is 1. The summed E-state index contributed by atoms with van der Waals surface area (Å²) >= 11 is 0. The van der Waals surface area contributed by atoms with Crippen molar-refractivity contribution < 1.29 is 4.42 Å². The maximum absolute atomic E-state index is 5.43. The molecule has 0 amide bonds. The molecule has 1 aromatic carbocycles. The SMILES string of the molecule is CCc1ccc(-c2coc(CN)n2)cc1. The van der Waals surface area contributed by atoms with E-state index in [1.165, 1.54) is 5.56 Å². The van der Waals surface area contributed by atoms with Gasteiger partial charge in [-0.2, -0.15) is 0 Å². The summed E-state index contributed by atoms with van der Waals surface area (Å²) in [6, 6.07) is 8.31. The largest absolute Gasteiger partial charge is 0.447 e. The number of nitrogens with two attached hydrogens (primary N) is 1. The van der Waals surface area contributed by atoms with E-state index in [4.69, 9.17) is 10.2 Å². The Balaban J connectivity index is 2.28. The Labute approximate surface area is 88.9 Å². The predicted molar refractivity (Wildman–Crippen MR) is 59.2 cm³/mol. The summed E-state index contributed by atoms with van der Waals surface area (Å²) in [5.41, 5.74) is 8.66. The van der Waals surface area contributed by atoms with Crippen molar-refractivity contribution in [3.8, 4) is 11.3 Å². The van der Waals surface area contributed by atoms with Gasteiger partial charge in [-0.15, -0.1) is 0 Å². The highest BCUT2D eigenvalue weighted by Gasteiger charge is 2.04. The van der Waals surface area contributed by atoms with Gasteiger partial charge in [0.15, 0.2) is 0 Å². The molecule has 2 aromatic rings. The van der Waals surface area contributed by atoms with Crippen LogP contribution in [-0.4, -0.2) is 4.98 Å². The summed E-state index contributed by atoms with van der Waals surface area (Å²) in [4.78, 5) is 4.26. The van der Waals surface area contributed by atoms with Crippen molar-refractivity contribution in [3.63, 3.8) is 0 Å². The standard InChI is InChI=1S/C12H14N2O/c1-2-9-3-5-10(6-4-9)11-8-15-12(7-13)14-11/h3-6,8H,2,7,13H2,1H3. The van der Waals surface area contributed by atoms with E-state index in [-0.39, 0.29) is 0 Å². The van der Waals surface area contributed by atoms with E-state index in [1.54, 1.807) is 6.26 Å². The molecule has 78 valence electrons. The molecule has 3 nitrogen and oxygen atoms in total. The van der Waals surface area contributed by atoms with E-state index >= 15 is 0 Å². The Kier molecular flexibility index (Phi) is 2.83. The molecule has 1 aromatic heterocycles. The third kappa shape index (κ3) is 2.07. The first-order valence-electron chi connectivity index (χ1n) is 5.07. The molecule has 0 spiro atoms. The van der Waals surface area contributed by atoms with Crippen molar-refractivity contribution in [1.29, 1.82) is 0 Å². The van der Waals surface area contributed by atoms with Gasteiger partial charge >= 0.3 is 0 Å². The molecule has 0 aliphatic carbocycles. The maximum atomic E-state index is 5.43. The summed E-state index contributed by atoms with van der Waals surface area (Å²) in [5.74, 6) is 0.574. The highest BCUT2D eigenvalue weighted by atomic mass is 16.3. The Bertz CT molecular complexity index is 431. The summed E-state index contributed by atoms with van der Waals surface area (Å²) < 4.78 is 5.19. The normalized spacial score (nSPS) is 10.5. The number of benzene rings is 1. The third-order valence-corrected chi connectivity index (χ3v) is 2.38. The van der Waals surface area contributed by atoms with Crippen molar-refractivity contribution >= 4 is 0 Å². The molecule has 0 saturated heterocycles. The van der Waals surface area contributed by atoms with E-state index < -0.39 is 0 Å². The van der Waals surface area contributed by atoms with Crippen LogP contribution in [0.1, 0.15) is 18.4 Å². The maximum Gasteiger partial charge on any atom is 0.208 e. The molecule has 2 N–H and O–H groups in total. The van der Waals surface area contributed by atoms with Crippen molar-refractivity contribution in [2.45, 2.75) is 19.9 Å². The molecule has 0 aliphatic heterocycles. The van der Waals surface area contributed by atoms with E-state index in [1.807, 2.05) is 0 Å². The molecule has 0 atom stereocenters. The van der Waals surface area contributed by atoms with Crippen molar-refractivity contribution in [2.75, 3.05) is 0 Å². The van der Waals surface area contributed by atoms with Gasteiger partial charge in [0.2, 0.25) is 5.89 Å². The zero-order chi connectivity index (χ0) is 10.7. The minimum Gasteiger partial charge on any atom is -0.447 e. The van der Waals surface area contributed by atoms with E-state index in [2.05, 4.69) is 36.2 Å². The fourth-order valence-corrected chi connectivity index (χ4v) is 1.45. The molecule has 0 unspecified atom stereocenters. The van der Waals surface area contributed by atoms with Crippen molar-refractivity contribution in [3.05, 3.63) is 42.0 Å². The number of hydrogen-bond donors (Lipinski definition) is 1. The summed E-state index contributed by atoms with van der Waals surface area (Å²) in [5, 5.41) is 0. The zero-order valence-electron chi connectivity index (χ0n) is 8.73. The van der Waals surface area contributed by atoms with Gasteiger partial charge < -0.3 is 10.2 Å². The average Bonchev–Trinajstić information content (AvgIpc) is 2.78. The van der Waals surface area contributed by atoms with E-state index in [0.717, 1.165) is 17.7 Å². The van der Waals surface area contributed by atoms with Crippen LogP contribution in [0.15, 0.2) is 34.9 Å². The van der Waals surface area contributed by atoms with Crippen LogP contribution >= 0.6 is 0 Å². The Morgan fingerprint density at radius 1 is 1.27 bits per heavy atom. The number of hydrogen-bond acceptors (Lipinski definition) is 3. The van der Waals surface area contributed by atoms with Crippen LogP contribution in [0.5, 0.6) is 0 Å². The lowest BCUT2D eigenvalue weighted by atomic mass is 10.1. The fourth-order valence-electron chi connectivity index (χ4n) is 1.45. The molecule has 0 bridgehead atoms. The average molecular weight is 202 g/mol. The van der Waals surface area contributed by atoms with Gasteiger partial charge in [-0.05, 0) is 12.0 Å². The van der Waals surface area contributed by atoms with Crippen LogP contribution in [0.2, 0.25) is 0 Å². The minimum atomic E-state index is 0.340. The summed E-state index contributed by atoms with van der Waals surface area (Å²) in [6.45, 7) is 2.48. The molecular weight excluding hydrogens is 188 g/mol. The van der Waals surface area contributed by atoms with Gasteiger partial charge in [-0.1, -0.05) is 31.2 Å². The van der Waals surface area contributed by atoms with E-state index in [9.17, 15) is 0 Å². The molecule has 0 fully saturated rings. The Morgan fingerprint density at radius 2 is 2.00 bits per heavy atom. The highest BCUT2D eigenvalue weighted by Crippen LogP contribution is 2.19. The summed E-state index contributed by atoms with van der Waals surface area (Å²) in [6.07, 6.45) is 2.69. The quantitative estimate of drug-likeness (QED) is 0.831. The van der Waals surface area contributed by atoms with Gasteiger partial charge in [-0.3, -0.25) is 0 Å². The second kappa shape index (κ2) is 4.28. The number of aromatic nitrogens is 1. The fraction of sp³-hybridized carbons (Fsp3) is 0.250. The first kappa shape index (κ1) is 9.93. The second-order valence-electron chi connectivity index (χ2n) is 3.38. The minimum absolute atomic E-state index is 0.340. The van der Waals surface area contributed by atoms with Gasteiger partial charge in [0.05, 0.1) is 6.54 Å². The van der Waals surface area contributed by atoms with Crippen molar-refractivity contribution in [2.24, 2.45) is 5.73 Å². The first-order valence-corrected chi connectivity index (χ1v) is 5.07. The molecule has 0 saturated carbocycles. The van der Waals surface area contributed by atoms with Crippen LogP contribution in [0, 0.1) is 0 Å². The first-order chi connectivity index (χ1) is 7.33. The number of aryl methyl sites for hydroxylation is 1. The highest BCUT2D eigenvalue weighted by molar-refractivity contribution is 5.58. The molecule has 3 heteroatoms. The molecule has 0 aliphatic rings. The number of rotatable bonds is 3. The Hall–Kier alpha value is -1.61. The van der Waals surface area contributed by atoms with Crippen LogP contribution in [-0.2, 0) is 13.0 Å². The molecule has 2 rings (SSSR count).